The molecule has 0 fully saturated rings. The predicted molar refractivity (Wildman–Crippen MR) is 96.5 cm³/mol. The number of hydrogen-bond donors (Lipinski definition) is 2. The molecule has 0 aliphatic heterocycles. The van der Waals surface area contributed by atoms with E-state index in [1.54, 1.807) is 12.1 Å². The first kappa shape index (κ1) is 14.8. The maximum absolute atomic E-state index is 13.4. The minimum atomic E-state index is -0.319. The van der Waals surface area contributed by atoms with E-state index in [1.165, 1.54) is 24.3 Å². The fourth-order valence-electron chi connectivity index (χ4n) is 3.11. The molecule has 2 heterocycles. The van der Waals surface area contributed by atoms with Crippen LogP contribution in [0, 0.1) is 11.6 Å². The van der Waals surface area contributed by atoms with Crippen LogP contribution in [-0.2, 0) is 0 Å². The molecule has 6 heteroatoms. The molecule has 26 heavy (non-hydrogen) atoms. The van der Waals surface area contributed by atoms with E-state index in [-0.39, 0.29) is 11.6 Å². The number of aromatic amines is 2. The predicted octanol–water partition coefficient (Wildman–Crippen LogP) is 5.05. The molecule has 3 aromatic carbocycles. The number of fused-ring (bicyclic) bond motifs is 2. The van der Waals surface area contributed by atoms with E-state index in [1.807, 2.05) is 24.3 Å². The van der Waals surface area contributed by atoms with Crippen LogP contribution in [0.4, 0.5) is 8.78 Å². The van der Waals surface area contributed by atoms with Crippen LogP contribution in [0.3, 0.4) is 0 Å². The van der Waals surface area contributed by atoms with Gasteiger partial charge in [-0.1, -0.05) is 24.3 Å². The van der Waals surface area contributed by atoms with Gasteiger partial charge in [0.05, 0.1) is 22.1 Å². The molecule has 0 amide bonds. The molecule has 5 aromatic rings. The SMILES string of the molecule is Fc1ccc2nc(-c3ccccc3-c3nc4ccc(F)cc4[nH]3)[nH]c2c1. The Morgan fingerprint density at radius 1 is 0.615 bits per heavy atom. The molecule has 5 rings (SSSR count). The highest BCUT2D eigenvalue weighted by Gasteiger charge is 2.14. The van der Waals surface area contributed by atoms with Gasteiger partial charge in [0.2, 0.25) is 0 Å². The van der Waals surface area contributed by atoms with Crippen molar-refractivity contribution >= 4 is 22.1 Å². The Hall–Kier alpha value is -3.54. The summed E-state index contributed by atoms with van der Waals surface area (Å²) >= 11 is 0. The number of hydrogen-bond acceptors (Lipinski definition) is 2. The molecule has 0 unspecified atom stereocenters. The molecule has 0 spiro atoms. The van der Waals surface area contributed by atoms with Gasteiger partial charge in [0, 0.05) is 11.1 Å². The van der Waals surface area contributed by atoms with Gasteiger partial charge in [-0.25, -0.2) is 18.7 Å². The Balaban J connectivity index is 1.70. The molecule has 0 aliphatic carbocycles. The van der Waals surface area contributed by atoms with E-state index in [0.29, 0.717) is 33.7 Å². The maximum Gasteiger partial charge on any atom is 0.139 e. The zero-order valence-electron chi connectivity index (χ0n) is 13.4. The summed E-state index contributed by atoms with van der Waals surface area (Å²) in [5, 5.41) is 0. The lowest BCUT2D eigenvalue weighted by Gasteiger charge is -2.04. The summed E-state index contributed by atoms with van der Waals surface area (Å²) in [6.07, 6.45) is 0. The van der Waals surface area contributed by atoms with Gasteiger partial charge in [-0.15, -0.1) is 0 Å². The lowest BCUT2D eigenvalue weighted by molar-refractivity contribution is 0.629. The molecule has 2 N–H and O–H groups in total. The number of nitrogens with one attached hydrogen (secondary N) is 2. The van der Waals surface area contributed by atoms with Gasteiger partial charge in [0.25, 0.3) is 0 Å². The molecular weight excluding hydrogens is 334 g/mol. The smallest absolute Gasteiger partial charge is 0.139 e. The minimum absolute atomic E-state index is 0.319. The number of rotatable bonds is 2. The number of H-pyrrole nitrogens is 2. The van der Waals surface area contributed by atoms with E-state index in [2.05, 4.69) is 19.9 Å². The van der Waals surface area contributed by atoms with Gasteiger partial charge in [-0.3, -0.25) is 0 Å². The number of aromatic nitrogens is 4. The number of halogens is 2. The van der Waals surface area contributed by atoms with Crippen molar-refractivity contribution < 1.29 is 8.78 Å². The Labute approximate surface area is 146 Å². The zero-order valence-corrected chi connectivity index (χ0v) is 13.4. The first-order chi connectivity index (χ1) is 12.7. The quantitative estimate of drug-likeness (QED) is 0.470. The largest absolute Gasteiger partial charge is 0.338 e. The Kier molecular flexibility index (Phi) is 3.12. The van der Waals surface area contributed by atoms with Crippen molar-refractivity contribution in [3.05, 3.63) is 72.3 Å². The highest BCUT2D eigenvalue weighted by Crippen LogP contribution is 2.31. The molecule has 0 bridgehead atoms. The molecule has 0 saturated heterocycles. The Morgan fingerprint density at radius 3 is 1.54 bits per heavy atom. The van der Waals surface area contributed by atoms with Gasteiger partial charge in [0.15, 0.2) is 0 Å². The van der Waals surface area contributed by atoms with Gasteiger partial charge in [-0.05, 0) is 36.4 Å². The second-order valence-electron chi connectivity index (χ2n) is 6.04. The van der Waals surface area contributed by atoms with Crippen LogP contribution < -0.4 is 0 Å². The molecule has 4 nitrogen and oxygen atoms in total. The van der Waals surface area contributed by atoms with E-state index in [0.717, 1.165) is 11.1 Å². The average Bonchev–Trinajstić information content (AvgIpc) is 3.24. The van der Waals surface area contributed by atoms with Gasteiger partial charge in [0.1, 0.15) is 23.3 Å². The van der Waals surface area contributed by atoms with Crippen LogP contribution in [0.2, 0.25) is 0 Å². The van der Waals surface area contributed by atoms with Crippen molar-refractivity contribution in [1.82, 2.24) is 19.9 Å². The second kappa shape index (κ2) is 5.49. The summed E-state index contributed by atoms with van der Waals surface area (Å²) < 4.78 is 26.9. The summed E-state index contributed by atoms with van der Waals surface area (Å²) in [5.41, 5.74) is 4.26. The van der Waals surface area contributed by atoms with E-state index < -0.39 is 0 Å². The third-order valence-electron chi connectivity index (χ3n) is 4.33. The summed E-state index contributed by atoms with van der Waals surface area (Å²) in [4.78, 5) is 15.4. The maximum atomic E-state index is 13.4. The fourth-order valence-corrected chi connectivity index (χ4v) is 3.11. The molecule has 0 atom stereocenters. The number of benzene rings is 3. The zero-order chi connectivity index (χ0) is 17.7. The summed E-state index contributed by atoms with van der Waals surface area (Å²) in [5.74, 6) is 0.598. The van der Waals surface area contributed by atoms with Crippen LogP contribution in [-0.4, -0.2) is 19.9 Å². The average molecular weight is 346 g/mol. The van der Waals surface area contributed by atoms with Crippen molar-refractivity contribution in [2.75, 3.05) is 0 Å². The summed E-state index contributed by atoms with van der Waals surface area (Å²) in [6, 6.07) is 16.5. The number of imidazole rings is 2. The van der Waals surface area contributed by atoms with Crippen molar-refractivity contribution in [2.45, 2.75) is 0 Å². The molecule has 0 aliphatic rings. The Bertz CT molecular complexity index is 1170. The van der Waals surface area contributed by atoms with E-state index in [9.17, 15) is 8.78 Å². The van der Waals surface area contributed by atoms with Crippen LogP contribution in [0.1, 0.15) is 0 Å². The van der Waals surface area contributed by atoms with Crippen molar-refractivity contribution in [3.63, 3.8) is 0 Å². The third-order valence-corrected chi connectivity index (χ3v) is 4.33. The van der Waals surface area contributed by atoms with Crippen LogP contribution in [0.5, 0.6) is 0 Å². The molecule has 0 saturated carbocycles. The first-order valence-electron chi connectivity index (χ1n) is 8.08. The monoisotopic (exact) mass is 346 g/mol. The highest BCUT2D eigenvalue weighted by atomic mass is 19.1. The van der Waals surface area contributed by atoms with Crippen LogP contribution in [0.25, 0.3) is 44.8 Å². The molecule has 2 aromatic heterocycles. The normalized spacial score (nSPS) is 11.5. The van der Waals surface area contributed by atoms with Crippen molar-refractivity contribution in [3.8, 4) is 22.8 Å². The van der Waals surface area contributed by atoms with E-state index >= 15 is 0 Å². The van der Waals surface area contributed by atoms with Gasteiger partial charge in [-0.2, -0.15) is 0 Å². The van der Waals surface area contributed by atoms with E-state index in [4.69, 9.17) is 0 Å². The number of nitrogens with zero attached hydrogens (tertiary/aromatic N) is 2. The second-order valence-corrected chi connectivity index (χ2v) is 6.04. The van der Waals surface area contributed by atoms with Gasteiger partial charge < -0.3 is 9.97 Å². The first-order valence-corrected chi connectivity index (χ1v) is 8.08. The lowest BCUT2D eigenvalue weighted by Crippen LogP contribution is -1.88. The van der Waals surface area contributed by atoms with Crippen molar-refractivity contribution in [2.24, 2.45) is 0 Å². The van der Waals surface area contributed by atoms with Crippen LogP contribution in [0.15, 0.2) is 60.7 Å². The van der Waals surface area contributed by atoms with Gasteiger partial charge >= 0.3 is 0 Å². The van der Waals surface area contributed by atoms with Crippen LogP contribution >= 0.6 is 0 Å². The minimum Gasteiger partial charge on any atom is -0.338 e. The third kappa shape index (κ3) is 2.35. The molecular formula is C20H12F2N4. The summed E-state index contributed by atoms with van der Waals surface area (Å²) in [6.45, 7) is 0. The highest BCUT2D eigenvalue weighted by molar-refractivity contribution is 5.87. The topological polar surface area (TPSA) is 57.4 Å². The van der Waals surface area contributed by atoms with Crippen molar-refractivity contribution in [1.29, 1.82) is 0 Å². The standard InChI is InChI=1S/C20H12F2N4/c21-11-5-7-15-17(9-11)25-19(23-15)13-3-1-2-4-14(13)20-24-16-8-6-12(22)10-18(16)26-20/h1-10H,(H,23,25)(H,24,26). The lowest BCUT2D eigenvalue weighted by atomic mass is 10.1. The molecule has 126 valence electrons. The molecule has 0 radical (unpaired) electrons. The Morgan fingerprint density at radius 2 is 1.08 bits per heavy atom. The fraction of sp³-hybridized carbons (Fsp3) is 0. The summed E-state index contributed by atoms with van der Waals surface area (Å²) in [7, 11) is 0.